The molecule has 0 amide bonds. The van der Waals surface area contributed by atoms with Crippen LogP contribution < -0.4 is 5.32 Å². The fourth-order valence-corrected chi connectivity index (χ4v) is 3.26. The molecular weight excluding hydrogens is 340 g/mol. The first kappa shape index (κ1) is 16.8. The molecule has 2 nitrogen and oxygen atoms in total. The first-order valence-electron chi connectivity index (χ1n) is 7.54. The van der Waals surface area contributed by atoms with E-state index >= 15 is 0 Å². The van der Waals surface area contributed by atoms with Gasteiger partial charge in [-0.05, 0) is 66.7 Å². The predicted molar refractivity (Wildman–Crippen MR) is 83.2 cm³/mol. The lowest BCUT2D eigenvalue weighted by Crippen LogP contribution is -2.35. The number of nitrogens with one attached hydrogen (secondary N) is 1. The van der Waals surface area contributed by atoms with Crippen LogP contribution in [-0.2, 0) is 4.74 Å². The Hall–Kier alpha value is -0.520. The minimum Gasteiger partial charge on any atom is -0.378 e. The summed E-state index contributed by atoms with van der Waals surface area (Å²) in [6.07, 6.45) is 3.18. The van der Waals surface area contributed by atoms with E-state index in [0.29, 0.717) is 17.6 Å². The third-order valence-corrected chi connectivity index (χ3v) is 4.64. The molecule has 0 saturated heterocycles. The van der Waals surface area contributed by atoms with E-state index in [1.807, 2.05) is 13.8 Å². The summed E-state index contributed by atoms with van der Waals surface area (Å²) in [4.78, 5) is 0. The molecular formula is C16H22BrF2NO. The van der Waals surface area contributed by atoms with Gasteiger partial charge in [0.1, 0.15) is 11.6 Å². The molecule has 1 unspecified atom stereocenters. The highest BCUT2D eigenvalue weighted by atomic mass is 79.9. The fourth-order valence-electron chi connectivity index (χ4n) is 2.94. The van der Waals surface area contributed by atoms with E-state index in [4.69, 9.17) is 4.74 Å². The zero-order chi connectivity index (χ0) is 15.4. The lowest BCUT2D eigenvalue weighted by atomic mass is 9.77. The van der Waals surface area contributed by atoms with Crippen molar-refractivity contribution in [3.8, 4) is 0 Å². The van der Waals surface area contributed by atoms with Crippen molar-refractivity contribution in [3.05, 3.63) is 33.8 Å². The molecule has 0 radical (unpaired) electrons. The van der Waals surface area contributed by atoms with Gasteiger partial charge in [0, 0.05) is 18.2 Å². The monoisotopic (exact) mass is 361 g/mol. The molecule has 1 atom stereocenters. The van der Waals surface area contributed by atoms with Gasteiger partial charge in [0.05, 0.1) is 10.6 Å². The van der Waals surface area contributed by atoms with Gasteiger partial charge in [0.2, 0.25) is 0 Å². The van der Waals surface area contributed by atoms with E-state index in [1.165, 1.54) is 12.1 Å². The van der Waals surface area contributed by atoms with E-state index in [1.54, 1.807) is 0 Å². The topological polar surface area (TPSA) is 21.3 Å². The number of rotatable bonds is 7. The van der Waals surface area contributed by atoms with Crippen LogP contribution >= 0.6 is 15.9 Å². The summed E-state index contributed by atoms with van der Waals surface area (Å²) in [7, 11) is 0. The maximum atomic E-state index is 14.1. The van der Waals surface area contributed by atoms with E-state index in [9.17, 15) is 8.78 Å². The van der Waals surface area contributed by atoms with Gasteiger partial charge in [-0.25, -0.2) is 8.78 Å². The van der Waals surface area contributed by atoms with E-state index < -0.39 is 5.82 Å². The number of ether oxygens (including phenoxy) is 1. The molecule has 0 heterocycles. The minimum atomic E-state index is -0.421. The second kappa shape index (κ2) is 7.65. The van der Waals surface area contributed by atoms with Crippen LogP contribution in [-0.4, -0.2) is 19.3 Å². The van der Waals surface area contributed by atoms with Crippen LogP contribution in [0.2, 0.25) is 0 Å². The molecule has 0 aliphatic heterocycles. The zero-order valence-electron chi connectivity index (χ0n) is 12.5. The summed E-state index contributed by atoms with van der Waals surface area (Å²) < 4.78 is 33.5. The summed E-state index contributed by atoms with van der Waals surface area (Å²) in [5.41, 5.74) is 0.414. The molecule has 1 saturated carbocycles. The van der Waals surface area contributed by atoms with E-state index in [2.05, 4.69) is 21.2 Å². The molecule has 1 aromatic carbocycles. The second-order valence-corrected chi connectivity index (χ2v) is 6.40. The first-order chi connectivity index (χ1) is 10.0. The van der Waals surface area contributed by atoms with Gasteiger partial charge in [0.25, 0.3) is 0 Å². The van der Waals surface area contributed by atoms with Crippen LogP contribution in [0.5, 0.6) is 0 Å². The second-order valence-electron chi connectivity index (χ2n) is 5.55. The average Bonchev–Trinajstić information content (AvgIpc) is 2.40. The van der Waals surface area contributed by atoms with Gasteiger partial charge in [-0.1, -0.05) is 6.92 Å². The summed E-state index contributed by atoms with van der Waals surface area (Å²) in [6, 6.07) is 2.36. The Labute approximate surface area is 133 Å². The van der Waals surface area contributed by atoms with Crippen molar-refractivity contribution in [2.24, 2.45) is 5.92 Å². The molecule has 21 heavy (non-hydrogen) atoms. The summed E-state index contributed by atoms with van der Waals surface area (Å²) in [6.45, 7) is 5.43. The molecule has 5 heteroatoms. The van der Waals surface area contributed by atoms with Gasteiger partial charge >= 0.3 is 0 Å². The molecule has 118 valence electrons. The highest BCUT2D eigenvalue weighted by molar-refractivity contribution is 9.10. The SMILES string of the molecule is CCNC(CC1CC(OCC)C1)c1cc(F)c(Br)cc1F. The standard InChI is InChI=1S/C16H22BrF2NO/c1-3-20-16(7-10-5-11(6-10)21-4-2)12-8-15(19)13(17)9-14(12)18/h8-11,16,20H,3-7H2,1-2H3. The third-order valence-electron chi connectivity index (χ3n) is 4.03. The molecule has 1 aromatic rings. The smallest absolute Gasteiger partial charge is 0.137 e. The average molecular weight is 362 g/mol. The van der Waals surface area contributed by atoms with Crippen LogP contribution in [0.25, 0.3) is 0 Å². The number of halogens is 3. The van der Waals surface area contributed by atoms with Gasteiger partial charge in [0.15, 0.2) is 0 Å². The summed E-state index contributed by atoms with van der Waals surface area (Å²) >= 11 is 3.02. The fraction of sp³-hybridized carbons (Fsp3) is 0.625. The summed E-state index contributed by atoms with van der Waals surface area (Å²) in [5.74, 6) is -0.276. The van der Waals surface area contributed by atoms with Gasteiger partial charge in [-0.2, -0.15) is 0 Å². The van der Waals surface area contributed by atoms with Gasteiger partial charge < -0.3 is 10.1 Å². The maximum Gasteiger partial charge on any atom is 0.137 e. The Kier molecular flexibility index (Phi) is 6.14. The molecule has 0 aromatic heterocycles. The highest BCUT2D eigenvalue weighted by Crippen LogP contribution is 2.38. The van der Waals surface area contributed by atoms with Crippen molar-refractivity contribution in [1.82, 2.24) is 5.32 Å². The number of hydrogen-bond donors (Lipinski definition) is 1. The van der Waals surface area contributed by atoms with Crippen LogP contribution in [0.15, 0.2) is 16.6 Å². The van der Waals surface area contributed by atoms with Crippen LogP contribution in [0, 0.1) is 17.6 Å². The Bertz CT molecular complexity index is 478. The lowest BCUT2D eigenvalue weighted by molar-refractivity contribution is -0.0291. The van der Waals surface area contributed by atoms with E-state index in [0.717, 1.165) is 32.4 Å². The quantitative estimate of drug-likeness (QED) is 0.717. The zero-order valence-corrected chi connectivity index (χ0v) is 14.1. The summed E-state index contributed by atoms with van der Waals surface area (Å²) in [5, 5.41) is 3.27. The Balaban J connectivity index is 2.04. The van der Waals surface area contributed by atoms with E-state index in [-0.39, 0.29) is 16.3 Å². The maximum absolute atomic E-state index is 14.1. The van der Waals surface area contributed by atoms with Crippen molar-refractivity contribution in [1.29, 1.82) is 0 Å². The third kappa shape index (κ3) is 4.24. The van der Waals surface area contributed by atoms with Crippen LogP contribution in [0.1, 0.15) is 44.7 Å². The molecule has 2 rings (SSSR count). The normalized spacial score (nSPS) is 22.9. The molecule has 1 aliphatic carbocycles. The van der Waals surface area contributed by atoms with Crippen LogP contribution in [0.3, 0.4) is 0 Å². The van der Waals surface area contributed by atoms with Crippen molar-refractivity contribution < 1.29 is 13.5 Å². The van der Waals surface area contributed by atoms with Crippen molar-refractivity contribution in [3.63, 3.8) is 0 Å². The Morgan fingerprint density at radius 1 is 1.29 bits per heavy atom. The molecule has 0 spiro atoms. The van der Waals surface area contributed by atoms with Crippen molar-refractivity contribution >= 4 is 15.9 Å². The predicted octanol–water partition coefficient (Wildman–Crippen LogP) is 4.58. The Morgan fingerprint density at radius 2 is 2.00 bits per heavy atom. The Morgan fingerprint density at radius 3 is 2.62 bits per heavy atom. The van der Waals surface area contributed by atoms with Gasteiger partial charge in [-0.3, -0.25) is 0 Å². The van der Waals surface area contributed by atoms with Crippen molar-refractivity contribution in [2.75, 3.05) is 13.2 Å². The highest BCUT2D eigenvalue weighted by Gasteiger charge is 2.32. The molecule has 1 fully saturated rings. The van der Waals surface area contributed by atoms with Gasteiger partial charge in [-0.15, -0.1) is 0 Å². The largest absolute Gasteiger partial charge is 0.378 e. The molecule has 0 bridgehead atoms. The first-order valence-corrected chi connectivity index (χ1v) is 8.33. The van der Waals surface area contributed by atoms with Crippen molar-refractivity contribution in [2.45, 2.75) is 45.3 Å². The lowest BCUT2D eigenvalue weighted by Gasteiger charge is -2.37. The minimum absolute atomic E-state index is 0.148. The molecule has 1 aliphatic rings. The number of hydrogen-bond acceptors (Lipinski definition) is 2. The number of benzene rings is 1. The molecule has 1 N–H and O–H groups in total. The van der Waals surface area contributed by atoms with Crippen LogP contribution in [0.4, 0.5) is 8.78 Å².